The van der Waals surface area contributed by atoms with Gasteiger partial charge < -0.3 is 4.90 Å². The van der Waals surface area contributed by atoms with Crippen molar-refractivity contribution in [3.63, 3.8) is 0 Å². The van der Waals surface area contributed by atoms with E-state index in [9.17, 15) is 4.79 Å². The first kappa shape index (κ1) is 12.8. The van der Waals surface area contributed by atoms with Gasteiger partial charge in [-0.25, -0.2) is 0 Å². The van der Waals surface area contributed by atoms with Crippen LogP contribution < -0.4 is 0 Å². The zero-order valence-electron chi connectivity index (χ0n) is 10.9. The average molecular weight is 219 g/mol. The Labute approximate surface area is 98.3 Å². The van der Waals surface area contributed by atoms with Crippen LogP contribution in [0.3, 0.4) is 0 Å². The fraction of sp³-hybridized carbons (Fsp3) is 0.500. The molecule has 1 aromatic carbocycles. The molecule has 88 valence electrons. The maximum absolute atomic E-state index is 12.1. The van der Waals surface area contributed by atoms with Crippen LogP contribution in [0.25, 0.3) is 0 Å². The third kappa shape index (κ3) is 3.09. The molecule has 0 saturated carbocycles. The summed E-state index contributed by atoms with van der Waals surface area (Å²) in [5.41, 5.74) is 3.18. The monoisotopic (exact) mass is 219 g/mol. The predicted octanol–water partition coefficient (Wildman–Crippen LogP) is 3.03. The maximum Gasteiger partial charge on any atom is 0.253 e. The summed E-state index contributed by atoms with van der Waals surface area (Å²) >= 11 is 0. The molecule has 0 heterocycles. The third-order valence-electron chi connectivity index (χ3n) is 2.74. The van der Waals surface area contributed by atoms with Gasteiger partial charge in [-0.3, -0.25) is 4.79 Å². The highest BCUT2D eigenvalue weighted by molar-refractivity contribution is 5.94. The summed E-state index contributed by atoms with van der Waals surface area (Å²) in [6.07, 6.45) is 0. The molecule has 0 aliphatic rings. The molecular formula is C14H21NO. The van der Waals surface area contributed by atoms with E-state index < -0.39 is 0 Å². The van der Waals surface area contributed by atoms with Crippen molar-refractivity contribution < 1.29 is 4.79 Å². The summed E-state index contributed by atoms with van der Waals surface area (Å²) in [5.74, 6) is 0.609. The number of benzene rings is 1. The summed E-state index contributed by atoms with van der Waals surface area (Å²) in [7, 11) is 1.86. The van der Waals surface area contributed by atoms with Crippen LogP contribution in [0, 0.1) is 19.8 Å². The van der Waals surface area contributed by atoms with Gasteiger partial charge in [-0.05, 0) is 43.0 Å². The molecule has 1 amide bonds. The Balaban J connectivity index is 2.84. The molecule has 0 N–H and O–H groups in total. The second-order valence-corrected chi connectivity index (χ2v) is 4.88. The summed E-state index contributed by atoms with van der Waals surface area (Å²) in [6.45, 7) is 9.12. The molecule has 1 aromatic rings. The molecule has 0 bridgehead atoms. The Morgan fingerprint density at radius 2 is 1.88 bits per heavy atom. The number of amides is 1. The lowest BCUT2D eigenvalue weighted by atomic mass is 10.1. The Hall–Kier alpha value is -1.31. The van der Waals surface area contributed by atoms with Crippen LogP contribution in [-0.2, 0) is 0 Å². The predicted molar refractivity (Wildman–Crippen MR) is 67.7 cm³/mol. The molecular weight excluding hydrogens is 198 g/mol. The van der Waals surface area contributed by atoms with E-state index in [4.69, 9.17) is 0 Å². The first-order valence-electron chi connectivity index (χ1n) is 5.74. The summed E-state index contributed by atoms with van der Waals surface area (Å²) in [4.78, 5) is 13.9. The van der Waals surface area contributed by atoms with Gasteiger partial charge in [0.2, 0.25) is 0 Å². The third-order valence-corrected chi connectivity index (χ3v) is 2.74. The minimum Gasteiger partial charge on any atom is -0.341 e. The highest BCUT2D eigenvalue weighted by Gasteiger charge is 2.12. The van der Waals surface area contributed by atoms with Crippen LogP contribution in [-0.4, -0.2) is 24.4 Å². The molecule has 0 unspecified atom stereocenters. The van der Waals surface area contributed by atoms with E-state index >= 15 is 0 Å². The number of carbonyl (C=O) groups is 1. The Bertz CT molecular complexity index is 382. The zero-order valence-corrected chi connectivity index (χ0v) is 10.9. The molecule has 2 nitrogen and oxygen atoms in total. The van der Waals surface area contributed by atoms with E-state index in [1.54, 1.807) is 4.90 Å². The van der Waals surface area contributed by atoms with E-state index in [0.717, 1.165) is 12.1 Å². The van der Waals surface area contributed by atoms with Crippen LogP contribution in [0.2, 0.25) is 0 Å². The van der Waals surface area contributed by atoms with Crippen molar-refractivity contribution in [2.75, 3.05) is 13.6 Å². The van der Waals surface area contributed by atoms with Crippen molar-refractivity contribution in [1.82, 2.24) is 4.90 Å². The molecule has 0 saturated heterocycles. The average Bonchev–Trinajstić information content (AvgIpc) is 2.20. The second-order valence-electron chi connectivity index (χ2n) is 4.88. The number of nitrogens with zero attached hydrogens (tertiary/aromatic N) is 1. The summed E-state index contributed by atoms with van der Waals surface area (Å²) in [5, 5.41) is 0. The van der Waals surface area contributed by atoms with Crippen LogP contribution in [0.5, 0.6) is 0 Å². The fourth-order valence-electron chi connectivity index (χ4n) is 1.73. The van der Waals surface area contributed by atoms with E-state index in [1.807, 2.05) is 32.2 Å². The number of hydrogen-bond donors (Lipinski definition) is 0. The minimum atomic E-state index is 0.108. The van der Waals surface area contributed by atoms with Gasteiger partial charge in [-0.1, -0.05) is 19.9 Å². The topological polar surface area (TPSA) is 20.3 Å². The summed E-state index contributed by atoms with van der Waals surface area (Å²) < 4.78 is 0. The lowest BCUT2D eigenvalue weighted by Gasteiger charge is -2.19. The first-order chi connectivity index (χ1) is 7.41. The molecule has 16 heavy (non-hydrogen) atoms. The Morgan fingerprint density at radius 3 is 2.38 bits per heavy atom. The zero-order chi connectivity index (χ0) is 12.3. The second kappa shape index (κ2) is 5.15. The number of aryl methyl sites for hydroxylation is 2. The standard InChI is InChI=1S/C14H21NO/c1-10(2)9-15(5)14(16)13-7-6-11(3)12(4)8-13/h6-8,10H,9H2,1-5H3. The largest absolute Gasteiger partial charge is 0.341 e. The molecule has 0 aliphatic carbocycles. The molecule has 0 aliphatic heterocycles. The molecule has 0 fully saturated rings. The first-order valence-corrected chi connectivity index (χ1v) is 5.74. The number of rotatable bonds is 3. The molecule has 1 rings (SSSR count). The summed E-state index contributed by atoms with van der Waals surface area (Å²) in [6, 6.07) is 5.88. The van der Waals surface area contributed by atoms with E-state index in [1.165, 1.54) is 11.1 Å². The lowest BCUT2D eigenvalue weighted by Crippen LogP contribution is -2.30. The van der Waals surface area contributed by atoms with E-state index in [2.05, 4.69) is 20.8 Å². The quantitative estimate of drug-likeness (QED) is 0.765. The van der Waals surface area contributed by atoms with Gasteiger partial charge in [0.25, 0.3) is 5.91 Å². The highest BCUT2D eigenvalue weighted by atomic mass is 16.2. The van der Waals surface area contributed by atoms with Gasteiger partial charge in [-0.2, -0.15) is 0 Å². The van der Waals surface area contributed by atoms with Gasteiger partial charge in [0.05, 0.1) is 0 Å². The number of hydrogen-bond acceptors (Lipinski definition) is 1. The molecule has 0 aromatic heterocycles. The normalized spacial score (nSPS) is 10.6. The Kier molecular flexibility index (Phi) is 4.11. The van der Waals surface area contributed by atoms with E-state index in [0.29, 0.717) is 5.92 Å². The number of carbonyl (C=O) groups excluding carboxylic acids is 1. The van der Waals surface area contributed by atoms with Gasteiger partial charge in [0.15, 0.2) is 0 Å². The van der Waals surface area contributed by atoms with Crippen molar-refractivity contribution >= 4 is 5.91 Å². The van der Waals surface area contributed by atoms with Crippen molar-refractivity contribution in [3.8, 4) is 0 Å². The van der Waals surface area contributed by atoms with Crippen LogP contribution in [0.15, 0.2) is 18.2 Å². The van der Waals surface area contributed by atoms with Gasteiger partial charge >= 0.3 is 0 Å². The SMILES string of the molecule is Cc1ccc(C(=O)N(C)CC(C)C)cc1C. The molecule has 0 spiro atoms. The Morgan fingerprint density at radius 1 is 1.25 bits per heavy atom. The molecule has 0 atom stereocenters. The fourth-order valence-corrected chi connectivity index (χ4v) is 1.73. The lowest BCUT2D eigenvalue weighted by molar-refractivity contribution is 0.0779. The van der Waals surface area contributed by atoms with Crippen molar-refractivity contribution in [1.29, 1.82) is 0 Å². The highest BCUT2D eigenvalue weighted by Crippen LogP contribution is 2.12. The minimum absolute atomic E-state index is 0.108. The van der Waals surface area contributed by atoms with Crippen molar-refractivity contribution in [2.24, 2.45) is 5.92 Å². The van der Waals surface area contributed by atoms with Gasteiger partial charge in [0.1, 0.15) is 0 Å². The van der Waals surface area contributed by atoms with Gasteiger partial charge in [0, 0.05) is 19.2 Å². The van der Waals surface area contributed by atoms with E-state index in [-0.39, 0.29) is 5.91 Å². The molecule has 2 heteroatoms. The van der Waals surface area contributed by atoms with Gasteiger partial charge in [-0.15, -0.1) is 0 Å². The van der Waals surface area contributed by atoms with Crippen LogP contribution in [0.1, 0.15) is 35.3 Å². The van der Waals surface area contributed by atoms with Crippen LogP contribution >= 0.6 is 0 Å². The van der Waals surface area contributed by atoms with Crippen molar-refractivity contribution in [2.45, 2.75) is 27.7 Å². The maximum atomic E-state index is 12.1. The van der Waals surface area contributed by atoms with Crippen molar-refractivity contribution in [3.05, 3.63) is 34.9 Å². The smallest absolute Gasteiger partial charge is 0.253 e. The molecule has 0 radical (unpaired) electrons. The van der Waals surface area contributed by atoms with Crippen LogP contribution in [0.4, 0.5) is 0 Å².